The van der Waals surface area contributed by atoms with E-state index in [-0.39, 0.29) is 0 Å². The topological polar surface area (TPSA) is 273 Å². The molecule has 0 spiro atoms. The molecule has 314 valence electrons. The number of rotatable bonds is 26. The van der Waals surface area contributed by atoms with Crippen LogP contribution in [0.25, 0.3) is 0 Å². The summed E-state index contributed by atoms with van der Waals surface area (Å²) in [6.07, 6.45) is -0.342. The molecule has 0 rings (SSSR count). The van der Waals surface area contributed by atoms with Crippen molar-refractivity contribution in [2.75, 3.05) is 52.9 Å². The maximum absolute atomic E-state index is 13.2. The van der Waals surface area contributed by atoms with Gasteiger partial charge in [0.1, 0.15) is 69.5 Å². The molecular formula is C36H47N3O18. The summed E-state index contributed by atoms with van der Waals surface area (Å²) in [6, 6.07) is 0. The van der Waals surface area contributed by atoms with Gasteiger partial charge in [-0.05, 0) is 20.8 Å². The lowest BCUT2D eigenvalue weighted by molar-refractivity contribution is -0.146. The van der Waals surface area contributed by atoms with E-state index in [0.717, 1.165) is 36.5 Å². The highest BCUT2D eigenvalue weighted by Crippen LogP contribution is 2.12. The van der Waals surface area contributed by atoms with Gasteiger partial charge in [-0.25, -0.2) is 43.2 Å². The van der Waals surface area contributed by atoms with Gasteiger partial charge in [0.25, 0.3) is 0 Å². The van der Waals surface area contributed by atoms with Gasteiger partial charge in [0.15, 0.2) is 6.10 Å². The molecular weight excluding hydrogens is 762 g/mol. The van der Waals surface area contributed by atoms with E-state index in [1.807, 2.05) is 0 Å². The van der Waals surface area contributed by atoms with Crippen LogP contribution in [0.3, 0.4) is 0 Å². The third-order valence-corrected chi connectivity index (χ3v) is 6.48. The molecule has 57 heavy (non-hydrogen) atoms. The van der Waals surface area contributed by atoms with E-state index in [0.29, 0.717) is 0 Å². The smallest absolute Gasteiger partial charge is 0.408 e. The van der Waals surface area contributed by atoms with Crippen LogP contribution in [-0.2, 0) is 71.4 Å². The Bertz CT molecular complexity index is 1410. The SMILES string of the molecule is C=CC(=O)OCC(C)(COC(=O)C=C)NC(=O)OCC(COC(=O)NC(C)(COC(=O)C=C)COC(=O)C=C)OC(=O)NC(C)(COC(=O)C=C)COC(=O)C=C. The fourth-order valence-corrected chi connectivity index (χ4v) is 3.52. The first-order valence-corrected chi connectivity index (χ1v) is 16.3. The molecule has 0 atom stereocenters. The second-order valence-electron chi connectivity index (χ2n) is 12.2. The fourth-order valence-electron chi connectivity index (χ4n) is 3.52. The van der Waals surface area contributed by atoms with E-state index in [2.05, 4.69) is 55.4 Å². The van der Waals surface area contributed by atoms with Gasteiger partial charge < -0.3 is 58.6 Å². The lowest BCUT2D eigenvalue weighted by Gasteiger charge is -2.31. The Balaban J connectivity index is 6.29. The number of nitrogens with one attached hydrogen (secondary N) is 3. The molecule has 21 heteroatoms. The lowest BCUT2D eigenvalue weighted by Crippen LogP contribution is -2.55. The van der Waals surface area contributed by atoms with Crippen LogP contribution in [0.4, 0.5) is 14.4 Å². The summed E-state index contributed by atoms with van der Waals surface area (Å²) in [4.78, 5) is 109. The minimum atomic E-state index is -1.64. The zero-order chi connectivity index (χ0) is 43.7. The van der Waals surface area contributed by atoms with Crippen LogP contribution < -0.4 is 16.0 Å². The molecule has 0 saturated carbocycles. The highest BCUT2D eigenvalue weighted by atomic mass is 16.6. The van der Waals surface area contributed by atoms with Crippen LogP contribution in [0, 0.1) is 0 Å². The average molecular weight is 810 g/mol. The van der Waals surface area contributed by atoms with Crippen LogP contribution in [0.1, 0.15) is 20.8 Å². The molecule has 3 amide bonds. The van der Waals surface area contributed by atoms with Crippen molar-refractivity contribution in [2.24, 2.45) is 0 Å². The van der Waals surface area contributed by atoms with Gasteiger partial charge in [-0.2, -0.15) is 0 Å². The highest BCUT2D eigenvalue weighted by Gasteiger charge is 2.35. The summed E-state index contributed by atoms with van der Waals surface area (Å²) in [5.41, 5.74) is -4.84. The number of amides is 3. The number of esters is 6. The summed E-state index contributed by atoms with van der Waals surface area (Å²) in [5.74, 6) is -5.28. The summed E-state index contributed by atoms with van der Waals surface area (Å²) >= 11 is 0. The Labute approximate surface area is 327 Å². The van der Waals surface area contributed by atoms with Crippen molar-refractivity contribution in [1.82, 2.24) is 16.0 Å². The van der Waals surface area contributed by atoms with E-state index >= 15 is 0 Å². The molecule has 3 N–H and O–H groups in total. The van der Waals surface area contributed by atoms with Gasteiger partial charge in [0.05, 0.1) is 0 Å². The number of ether oxygens (including phenoxy) is 9. The largest absolute Gasteiger partial charge is 0.460 e. The van der Waals surface area contributed by atoms with Crippen LogP contribution in [-0.4, -0.2) is 130 Å². The Morgan fingerprint density at radius 3 is 0.825 bits per heavy atom. The molecule has 0 radical (unpaired) electrons. The number of hydrogen-bond acceptors (Lipinski definition) is 18. The first-order chi connectivity index (χ1) is 26.7. The summed E-state index contributed by atoms with van der Waals surface area (Å²) in [7, 11) is 0. The zero-order valence-electron chi connectivity index (χ0n) is 31.8. The second-order valence-corrected chi connectivity index (χ2v) is 12.2. The second kappa shape index (κ2) is 25.2. The van der Waals surface area contributed by atoms with Crippen molar-refractivity contribution in [3.63, 3.8) is 0 Å². The molecule has 0 aromatic heterocycles. The monoisotopic (exact) mass is 809 g/mol. The maximum atomic E-state index is 13.2. The Hall–Kier alpha value is -6.93. The molecule has 0 aliphatic heterocycles. The first kappa shape index (κ1) is 50.1. The number of carbonyl (C=O) groups is 9. The van der Waals surface area contributed by atoms with Crippen molar-refractivity contribution in [3.8, 4) is 0 Å². The molecule has 0 heterocycles. The Morgan fingerprint density at radius 2 is 0.614 bits per heavy atom. The van der Waals surface area contributed by atoms with Crippen molar-refractivity contribution >= 4 is 54.1 Å². The van der Waals surface area contributed by atoms with Gasteiger partial charge in [-0.15, -0.1) is 0 Å². The maximum Gasteiger partial charge on any atom is 0.408 e. The normalized spacial score (nSPS) is 10.7. The molecule has 0 saturated heterocycles. The molecule has 21 nitrogen and oxygen atoms in total. The predicted octanol–water partition coefficient (Wildman–Crippen LogP) is 1.18. The van der Waals surface area contributed by atoms with Gasteiger partial charge in [0.2, 0.25) is 0 Å². The summed E-state index contributed by atoms with van der Waals surface area (Å²) in [6.45, 7) is 18.5. The van der Waals surface area contributed by atoms with Crippen molar-refractivity contribution < 1.29 is 85.8 Å². The zero-order valence-corrected chi connectivity index (χ0v) is 31.8. The summed E-state index contributed by atoms with van der Waals surface area (Å²) in [5, 5.41) is 7.04. The van der Waals surface area contributed by atoms with E-state index in [1.165, 1.54) is 20.8 Å². The van der Waals surface area contributed by atoms with Crippen LogP contribution >= 0.6 is 0 Å². The predicted molar refractivity (Wildman–Crippen MR) is 195 cm³/mol. The molecule has 0 unspecified atom stereocenters. The van der Waals surface area contributed by atoms with Crippen molar-refractivity contribution in [3.05, 3.63) is 75.9 Å². The van der Waals surface area contributed by atoms with Crippen LogP contribution in [0.5, 0.6) is 0 Å². The molecule has 0 aliphatic carbocycles. The summed E-state index contributed by atoms with van der Waals surface area (Å²) < 4.78 is 45.7. The van der Waals surface area contributed by atoms with E-state index < -0.39 is 130 Å². The van der Waals surface area contributed by atoms with Crippen molar-refractivity contribution in [1.29, 1.82) is 0 Å². The highest BCUT2D eigenvalue weighted by molar-refractivity contribution is 5.83. The third-order valence-electron chi connectivity index (χ3n) is 6.48. The standard InChI is InChI=1S/C36H47N3O18/c1-10-25(40)51-18-34(7,19-52-26(41)11-2)37-31(46)49-16-24(57-33(48)39-36(9,22-55-29(44)14-5)23-56-30(45)15-6)17-50-32(47)38-35(8,20-53-27(42)12-3)21-54-28(43)13-4/h10-15,24H,1-6,16-23H2,7-9H3,(H,37,46)(H,38,47)(H,39,48). The first-order valence-electron chi connectivity index (χ1n) is 16.3. The Morgan fingerprint density at radius 1 is 0.404 bits per heavy atom. The molecule has 0 bridgehead atoms. The number of hydrogen-bond donors (Lipinski definition) is 3. The minimum Gasteiger partial charge on any atom is -0.460 e. The average Bonchev–Trinajstić information content (AvgIpc) is 3.19. The van der Waals surface area contributed by atoms with Crippen LogP contribution in [0.15, 0.2) is 75.9 Å². The van der Waals surface area contributed by atoms with Gasteiger partial charge >= 0.3 is 54.1 Å². The number of alkyl carbamates (subject to hydrolysis) is 3. The van der Waals surface area contributed by atoms with Crippen LogP contribution in [0.2, 0.25) is 0 Å². The Kier molecular flexibility index (Phi) is 22.1. The quantitative estimate of drug-likeness (QED) is 0.0629. The van der Waals surface area contributed by atoms with Gasteiger partial charge in [-0.1, -0.05) is 39.5 Å². The van der Waals surface area contributed by atoms with Crippen molar-refractivity contribution in [2.45, 2.75) is 43.5 Å². The van der Waals surface area contributed by atoms with E-state index in [1.54, 1.807) is 0 Å². The molecule has 0 aliphatic rings. The van der Waals surface area contributed by atoms with Gasteiger partial charge in [-0.3, -0.25) is 0 Å². The number of carbonyl (C=O) groups excluding carboxylic acids is 9. The fraction of sp³-hybridized carbons (Fsp3) is 0.417. The van der Waals surface area contributed by atoms with E-state index in [9.17, 15) is 43.2 Å². The minimum absolute atomic E-state index is 0.544. The molecule has 0 fully saturated rings. The van der Waals surface area contributed by atoms with E-state index in [4.69, 9.17) is 42.6 Å². The third kappa shape index (κ3) is 22.1. The van der Waals surface area contributed by atoms with Gasteiger partial charge in [0, 0.05) is 36.5 Å². The molecule has 0 aromatic rings. The molecule has 0 aromatic carbocycles. The lowest BCUT2D eigenvalue weighted by atomic mass is 10.1.